The van der Waals surface area contributed by atoms with Crippen molar-refractivity contribution in [3.05, 3.63) is 54.1 Å². The number of carbonyl (C=O) groups is 2. The molecule has 0 saturated carbocycles. The van der Waals surface area contributed by atoms with Gasteiger partial charge in [0.1, 0.15) is 6.61 Å². The molecule has 2 N–H and O–H groups in total. The maximum Gasteiger partial charge on any atom is 0.284 e. The number of benzene rings is 2. The van der Waals surface area contributed by atoms with Gasteiger partial charge in [-0.05, 0) is 29.8 Å². The molecule has 7 nitrogen and oxygen atoms in total. The predicted octanol–water partition coefficient (Wildman–Crippen LogP) is 1.94. The van der Waals surface area contributed by atoms with Crippen molar-refractivity contribution < 1.29 is 19.1 Å². The number of nitrogens with one attached hydrogen (secondary N) is 2. The lowest BCUT2D eigenvalue weighted by molar-refractivity contribution is -0.130. The first kappa shape index (κ1) is 16.5. The first-order chi connectivity index (χ1) is 12.1. The molecule has 2 aromatic carbocycles. The number of carbonyl (C=O) groups excluding carboxylic acids is 2. The van der Waals surface area contributed by atoms with Crippen molar-refractivity contribution in [2.24, 2.45) is 5.10 Å². The molecule has 1 aliphatic rings. The molecule has 0 fully saturated rings. The highest BCUT2D eigenvalue weighted by Gasteiger charge is 2.26. The van der Waals surface area contributed by atoms with Gasteiger partial charge in [-0.15, -0.1) is 0 Å². The van der Waals surface area contributed by atoms with Gasteiger partial charge in [0.25, 0.3) is 5.91 Å². The fourth-order valence-electron chi connectivity index (χ4n) is 2.25. The normalized spacial score (nSPS) is 15.6. The van der Waals surface area contributed by atoms with Crippen molar-refractivity contribution in [3.63, 3.8) is 0 Å². The highest BCUT2D eigenvalue weighted by Crippen LogP contribution is 2.30. The van der Waals surface area contributed by atoms with E-state index >= 15 is 0 Å². The molecule has 1 unspecified atom stereocenters. The summed E-state index contributed by atoms with van der Waals surface area (Å²) in [5, 5.41) is 6.59. The number of para-hydroxylation sites is 2. The smallest absolute Gasteiger partial charge is 0.284 e. The van der Waals surface area contributed by atoms with Crippen molar-refractivity contribution in [2.75, 3.05) is 11.9 Å². The van der Waals surface area contributed by atoms with Gasteiger partial charge in [0.15, 0.2) is 11.5 Å². The van der Waals surface area contributed by atoms with Crippen molar-refractivity contribution in [2.45, 2.75) is 13.0 Å². The van der Waals surface area contributed by atoms with E-state index in [9.17, 15) is 9.59 Å². The Morgan fingerprint density at radius 2 is 1.84 bits per heavy atom. The molecule has 3 rings (SSSR count). The Kier molecular flexibility index (Phi) is 4.94. The van der Waals surface area contributed by atoms with E-state index in [2.05, 4.69) is 15.8 Å². The van der Waals surface area contributed by atoms with E-state index in [0.29, 0.717) is 17.2 Å². The molecule has 2 amide bonds. The third-order valence-electron chi connectivity index (χ3n) is 3.42. The van der Waals surface area contributed by atoms with E-state index < -0.39 is 6.10 Å². The summed E-state index contributed by atoms with van der Waals surface area (Å²) in [6.45, 7) is 1.57. The van der Waals surface area contributed by atoms with Crippen LogP contribution in [0.4, 0.5) is 5.69 Å². The van der Waals surface area contributed by atoms with Gasteiger partial charge in [0.05, 0.1) is 6.21 Å². The van der Waals surface area contributed by atoms with Crippen LogP contribution in [-0.4, -0.2) is 30.7 Å². The third kappa shape index (κ3) is 4.35. The predicted molar refractivity (Wildman–Crippen MR) is 92.8 cm³/mol. The van der Waals surface area contributed by atoms with Gasteiger partial charge >= 0.3 is 0 Å². The van der Waals surface area contributed by atoms with Crippen molar-refractivity contribution >= 4 is 23.7 Å². The minimum absolute atomic E-state index is 0.129. The molecule has 25 heavy (non-hydrogen) atoms. The van der Waals surface area contributed by atoms with Crippen molar-refractivity contribution in [3.8, 4) is 11.5 Å². The Morgan fingerprint density at radius 3 is 2.56 bits per heavy atom. The summed E-state index contributed by atoms with van der Waals surface area (Å²) in [5.74, 6) is 0.631. The fourth-order valence-corrected chi connectivity index (χ4v) is 2.25. The SMILES string of the molecule is CC(=O)Nc1ccc(C=NNC(=O)C2COc3ccccc3O2)cc1. The topological polar surface area (TPSA) is 89.0 Å². The van der Waals surface area contributed by atoms with Crippen molar-refractivity contribution in [1.29, 1.82) is 0 Å². The lowest BCUT2D eigenvalue weighted by atomic mass is 10.2. The second-order valence-electron chi connectivity index (χ2n) is 5.40. The van der Waals surface area contributed by atoms with Crippen molar-refractivity contribution in [1.82, 2.24) is 5.43 Å². The van der Waals surface area contributed by atoms with E-state index in [4.69, 9.17) is 9.47 Å². The molecule has 1 atom stereocenters. The lowest BCUT2D eigenvalue weighted by Crippen LogP contribution is -2.42. The number of fused-ring (bicyclic) bond motifs is 1. The van der Waals surface area contributed by atoms with E-state index in [-0.39, 0.29) is 18.4 Å². The second-order valence-corrected chi connectivity index (χ2v) is 5.40. The van der Waals surface area contributed by atoms with E-state index in [0.717, 1.165) is 5.56 Å². The Labute approximate surface area is 144 Å². The van der Waals surface area contributed by atoms with Gasteiger partial charge in [-0.2, -0.15) is 5.10 Å². The first-order valence-corrected chi connectivity index (χ1v) is 7.71. The monoisotopic (exact) mass is 339 g/mol. The largest absolute Gasteiger partial charge is 0.485 e. The summed E-state index contributed by atoms with van der Waals surface area (Å²) in [6, 6.07) is 14.2. The number of anilines is 1. The molecule has 0 aromatic heterocycles. The number of amides is 2. The summed E-state index contributed by atoms with van der Waals surface area (Å²) in [7, 11) is 0. The molecule has 0 bridgehead atoms. The number of hydrazone groups is 1. The Morgan fingerprint density at radius 1 is 1.12 bits per heavy atom. The molecule has 7 heteroatoms. The van der Waals surface area contributed by atoms with Crippen LogP contribution >= 0.6 is 0 Å². The molecule has 128 valence electrons. The molecule has 0 saturated heterocycles. The average molecular weight is 339 g/mol. The van der Waals surface area contributed by atoms with Gasteiger partial charge < -0.3 is 14.8 Å². The minimum Gasteiger partial charge on any atom is -0.485 e. The van der Waals surface area contributed by atoms with Gasteiger partial charge in [-0.3, -0.25) is 9.59 Å². The summed E-state index contributed by atoms with van der Waals surface area (Å²) >= 11 is 0. The van der Waals surface area contributed by atoms with Crippen LogP contribution < -0.4 is 20.2 Å². The van der Waals surface area contributed by atoms with Gasteiger partial charge in [-0.25, -0.2) is 5.43 Å². The minimum atomic E-state index is -0.755. The Hall–Kier alpha value is -3.35. The number of nitrogens with zero attached hydrogens (tertiary/aromatic N) is 1. The summed E-state index contributed by atoms with van der Waals surface area (Å²) in [4.78, 5) is 23.1. The van der Waals surface area contributed by atoms with Crippen LogP contribution in [0.2, 0.25) is 0 Å². The van der Waals surface area contributed by atoms with Gasteiger partial charge in [-0.1, -0.05) is 24.3 Å². The van der Waals surface area contributed by atoms with Crippen LogP contribution in [0.15, 0.2) is 53.6 Å². The molecule has 0 aliphatic carbocycles. The summed E-state index contributed by atoms with van der Waals surface area (Å²) in [6.07, 6.45) is 0.752. The molecule has 0 radical (unpaired) electrons. The number of hydrogen-bond acceptors (Lipinski definition) is 5. The Bertz CT molecular complexity index is 802. The highest BCUT2D eigenvalue weighted by atomic mass is 16.6. The molecular weight excluding hydrogens is 322 g/mol. The maximum absolute atomic E-state index is 12.1. The summed E-state index contributed by atoms with van der Waals surface area (Å²) < 4.78 is 11.1. The van der Waals surface area contributed by atoms with Crippen LogP contribution in [0, 0.1) is 0 Å². The quantitative estimate of drug-likeness (QED) is 0.658. The molecular formula is C18H17N3O4. The first-order valence-electron chi connectivity index (χ1n) is 7.71. The van der Waals surface area contributed by atoms with E-state index in [1.807, 2.05) is 12.1 Å². The second kappa shape index (κ2) is 7.48. The maximum atomic E-state index is 12.1. The summed E-state index contributed by atoms with van der Waals surface area (Å²) in [5.41, 5.74) is 3.91. The highest BCUT2D eigenvalue weighted by molar-refractivity contribution is 5.89. The standard InChI is InChI=1S/C18H17N3O4/c1-12(22)20-14-8-6-13(7-9-14)10-19-21-18(23)17-11-24-15-4-2-3-5-16(15)25-17/h2-10,17H,11H2,1H3,(H,20,22)(H,21,23). The third-order valence-corrected chi connectivity index (χ3v) is 3.42. The average Bonchev–Trinajstić information content (AvgIpc) is 2.62. The van der Waals surface area contributed by atoms with Gasteiger partial charge in [0.2, 0.25) is 12.0 Å². The van der Waals surface area contributed by atoms with Crippen LogP contribution in [0.25, 0.3) is 0 Å². The number of rotatable bonds is 4. The lowest BCUT2D eigenvalue weighted by Gasteiger charge is -2.24. The number of ether oxygens (including phenoxy) is 2. The fraction of sp³-hybridized carbons (Fsp3) is 0.167. The molecule has 1 aliphatic heterocycles. The molecule has 2 aromatic rings. The van der Waals surface area contributed by atoms with E-state index in [1.165, 1.54) is 13.1 Å². The van der Waals surface area contributed by atoms with Crippen LogP contribution in [0.3, 0.4) is 0 Å². The van der Waals surface area contributed by atoms with Gasteiger partial charge in [0, 0.05) is 12.6 Å². The van der Waals surface area contributed by atoms with Crippen LogP contribution in [0.5, 0.6) is 11.5 Å². The molecule has 1 heterocycles. The van der Waals surface area contributed by atoms with E-state index in [1.54, 1.807) is 36.4 Å². The Balaban J connectivity index is 1.54. The van der Waals surface area contributed by atoms with Crippen LogP contribution in [0.1, 0.15) is 12.5 Å². The molecule has 0 spiro atoms. The van der Waals surface area contributed by atoms with Crippen LogP contribution in [-0.2, 0) is 9.59 Å². The number of hydrogen-bond donors (Lipinski definition) is 2. The zero-order chi connectivity index (χ0) is 17.6. The zero-order valence-corrected chi connectivity index (χ0v) is 13.6. The zero-order valence-electron chi connectivity index (χ0n) is 13.6.